The van der Waals surface area contributed by atoms with Crippen molar-refractivity contribution in [3.63, 3.8) is 0 Å². The van der Waals surface area contributed by atoms with E-state index in [1.807, 2.05) is 59.6 Å². The number of hydrogen-bond donors (Lipinski definition) is 0. The first-order valence-electron chi connectivity index (χ1n) is 11.4. The molecule has 0 bridgehead atoms. The first-order chi connectivity index (χ1) is 17.2. The molecule has 0 radical (unpaired) electrons. The molecule has 1 aromatic heterocycles. The Morgan fingerprint density at radius 3 is 2.20 bits per heavy atom. The fourth-order valence-corrected chi connectivity index (χ4v) is 5.31. The number of anilines is 1. The average Bonchev–Trinajstić information content (AvgIpc) is 3.34. The molecule has 1 aliphatic heterocycles. The standard InChI is InChI=1S/C29H20Br2N4/c30-22-12-6-10-20(16-22)26-18-27(21-11-7-13-23(31)17-21)35(34-26)29-32-25-15-5-4-14-24(25)28(33-29)19-8-2-1-3-9-19/h1-17,27H,18H2/t27-/m1/s1. The van der Waals surface area contributed by atoms with Crippen LogP contribution >= 0.6 is 31.9 Å². The van der Waals surface area contributed by atoms with Gasteiger partial charge in [-0.1, -0.05) is 105 Å². The van der Waals surface area contributed by atoms with Gasteiger partial charge in [0, 0.05) is 26.3 Å². The maximum Gasteiger partial charge on any atom is 0.247 e. The average molecular weight is 584 g/mol. The van der Waals surface area contributed by atoms with Crippen molar-refractivity contribution < 1.29 is 0 Å². The second-order valence-corrected chi connectivity index (χ2v) is 10.3. The summed E-state index contributed by atoms with van der Waals surface area (Å²) in [6.45, 7) is 0. The van der Waals surface area contributed by atoms with Crippen molar-refractivity contribution in [2.24, 2.45) is 5.10 Å². The monoisotopic (exact) mass is 582 g/mol. The highest BCUT2D eigenvalue weighted by atomic mass is 79.9. The summed E-state index contributed by atoms with van der Waals surface area (Å²) in [7, 11) is 0. The van der Waals surface area contributed by atoms with Gasteiger partial charge < -0.3 is 0 Å². The quantitative estimate of drug-likeness (QED) is 0.214. The van der Waals surface area contributed by atoms with Gasteiger partial charge in [-0.25, -0.2) is 15.0 Å². The van der Waals surface area contributed by atoms with Gasteiger partial charge in [0.15, 0.2) is 0 Å². The van der Waals surface area contributed by atoms with Gasteiger partial charge in [0.1, 0.15) is 0 Å². The molecule has 0 fully saturated rings. The SMILES string of the molecule is Brc1cccc(C2=NN(c3nc(-c4ccccc4)c4ccccc4n3)[C@@H](c3cccc(Br)c3)C2)c1. The van der Waals surface area contributed by atoms with Crippen molar-refractivity contribution >= 4 is 54.4 Å². The van der Waals surface area contributed by atoms with Crippen molar-refractivity contribution in [1.82, 2.24) is 9.97 Å². The molecule has 6 heteroatoms. The lowest BCUT2D eigenvalue weighted by Gasteiger charge is -2.23. The van der Waals surface area contributed by atoms with Crippen LogP contribution < -0.4 is 5.01 Å². The Morgan fingerprint density at radius 1 is 0.686 bits per heavy atom. The Morgan fingerprint density at radius 2 is 1.40 bits per heavy atom. The number of nitrogens with zero attached hydrogens (tertiary/aromatic N) is 4. The molecule has 4 aromatic carbocycles. The Labute approximate surface area is 220 Å². The highest BCUT2D eigenvalue weighted by Gasteiger charge is 2.32. The van der Waals surface area contributed by atoms with E-state index in [0.29, 0.717) is 5.95 Å². The zero-order chi connectivity index (χ0) is 23.8. The van der Waals surface area contributed by atoms with Gasteiger partial charge in [-0.2, -0.15) is 5.10 Å². The van der Waals surface area contributed by atoms with E-state index in [4.69, 9.17) is 15.1 Å². The van der Waals surface area contributed by atoms with E-state index in [0.717, 1.165) is 54.4 Å². The summed E-state index contributed by atoms with van der Waals surface area (Å²) < 4.78 is 2.07. The molecule has 35 heavy (non-hydrogen) atoms. The van der Waals surface area contributed by atoms with E-state index >= 15 is 0 Å². The van der Waals surface area contributed by atoms with Crippen LogP contribution in [0, 0.1) is 0 Å². The van der Waals surface area contributed by atoms with Gasteiger partial charge in [-0.3, -0.25) is 0 Å². The largest absolute Gasteiger partial charge is 0.247 e. The van der Waals surface area contributed by atoms with Crippen LogP contribution in [0.5, 0.6) is 0 Å². The third-order valence-electron chi connectivity index (χ3n) is 6.15. The summed E-state index contributed by atoms with van der Waals surface area (Å²) in [4.78, 5) is 10.1. The Hall–Kier alpha value is -3.35. The highest BCUT2D eigenvalue weighted by molar-refractivity contribution is 9.10. The minimum absolute atomic E-state index is 0.0220. The molecule has 0 amide bonds. The van der Waals surface area contributed by atoms with Crippen LogP contribution in [0.15, 0.2) is 117 Å². The van der Waals surface area contributed by atoms with Crippen LogP contribution in [0.2, 0.25) is 0 Å². The molecule has 1 atom stereocenters. The third-order valence-corrected chi connectivity index (χ3v) is 7.13. The first-order valence-corrected chi connectivity index (χ1v) is 12.9. The minimum atomic E-state index is -0.0220. The van der Waals surface area contributed by atoms with E-state index in [9.17, 15) is 0 Å². The topological polar surface area (TPSA) is 41.4 Å². The summed E-state index contributed by atoms with van der Waals surface area (Å²) in [5, 5.41) is 8.10. The van der Waals surface area contributed by atoms with Crippen molar-refractivity contribution in [1.29, 1.82) is 0 Å². The lowest BCUT2D eigenvalue weighted by Crippen LogP contribution is -2.21. The molecule has 5 aromatic rings. The van der Waals surface area contributed by atoms with Gasteiger partial charge in [0.2, 0.25) is 5.95 Å². The molecule has 0 saturated heterocycles. The summed E-state index contributed by atoms with van der Waals surface area (Å²) in [5.74, 6) is 0.595. The van der Waals surface area contributed by atoms with E-state index in [1.54, 1.807) is 0 Å². The Kier molecular flexibility index (Phi) is 5.92. The number of hydrazone groups is 1. The minimum Gasteiger partial charge on any atom is -0.223 e. The second kappa shape index (κ2) is 9.36. The molecule has 0 N–H and O–H groups in total. The number of halogens is 2. The predicted octanol–water partition coefficient (Wildman–Crippen LogP) is 8.18. The van der Waals surface area contributed by atoms with E-state index in [-0.39, 0.29) is 6.04 Å². The summed E-state index contributed by atoms with van der Waals surface area (Å²) in [6.07, 6.45) is 0.754. The van der Waals surface area contributed by atoms with Crippen molar-refractivity contribution in [2.45, 2.75) is 12.5 Å². The number of fused-ring (bicyclic) bond motifs is 1. The fourth-order valence-electron chi connectivity index (χ4n) is 4.49. The van der Waals surface area contributed by atoms with Crippen LogP contribution in [-0.4, -0.2) is 15.7 Å². The van der Waals surface area contributed by atoms with Gasteiger partial charge in [0.05, 0.1) is 23.0 Å². The van der Waals surface area contributed by atoms with Crippen LogP contribution in [0.4, 0.5) is 5.95 Å². The second-order valence-electron chi connectivity index (χ2n) is 8.43. The van der Waals surface area contributed by atoms with Crippen LogP contribution in [0.25, 0.3) is 22.2 Å². The van der Waals surface area contributed by atoms with E-state index in [2.05, 4.69) is 80.4 Å². The first kappa shape index (κ1) is 22.1. The molecule has 170 valence electrons. The van der Waals surface area contributed by atoms with Crippen molar-refractivity contribution in [3.8, 4) is 11.3 Å². The Bertz CT molecular complexity index is 1570. The summed E-state index contributed by atoms with van der Waals surface area (Å²) in [6, 6.07) is 35.1. The van der Waals surface area contributed by atoms with E-state index < -0.39 is 0 Å². The molecule has 1 aliphatic rings. The lowest BCUT2D eigenvalue weighted by molar-refractivity contribution is 0.688. The smallest absolute Gasteiger partial charge is 0.223 e. The molecular formula is C29H20Br2N4. The zero-order valence-electron chi connectivity index (χ0n) is 18.6. The van der Waals surface area contributed by atoms with Gasteiger partial charge >= 0.3 is 0 Å². The number of aromatic nitrogens is 2. The number of hydrogen-bond acceptors (Lipinski definition) is 4. The molecule has 4 nitrogen and oxygen atoms in total. The Balaban J connectivity index is 1.54. The number of para-hydroxylation sites is 1. The molecule has 6 rings (SSSR count). The fraction of sp³-hybridized carbons (Fsp3) is 0.0690. The van der Waals surface area contributed by atoms with Crippen LogP contribution in [0.3, 0.4) is 0 Å². The lowest BCUT2D eigenvalue weighted by atomic mass is 9.98. The van der Waals surface area contributed by atoms with Gasteiger partial charge in [-0.05, 0) is 41.5 Å². The van der Waals surface area contributed by atoms with E-state index in [1.165, 1.54) is 0 Å². The zero-order valence-corrected chi connectivity index (χ0v) is 21.8. The van der Waals surface area contributed by atoms with Gasteiger partial charge in [0.25, 0.3) is 0 Å². The molecule has 0 spiro atoms. The normalized spacial score (nSPS) is 15.4. The molecule has 0 unspecified atom stereocenters. The number of rotatable bonds is 4. The van der Waals surface area contributed by atoms with Crippen molar-refractivity contribution in [3.05, 3.63) is 123 Å². The predicted molar refractivity (Wildman–Crippen MR) is 150 cm³/mol. The maximum atomic E-state index is 5.09. The highest BCUT2D eigenvalue weighted by Crippen LogP contribution is 2.38. The molecule has 2 heterocycles. The van der Waals surface area contributed by atoms with Crippen LogP contribution in [-0.2, 0) is 0 Å². The van der Waals surface area contributed by atoms with Gasteiger partial charge in [-0.15, -0.1) is 0 Å². The molecule has 0 saturated carbocycles. The molecule has 0 aliphatic carbocycles. The van der Waals surface area contributed by atoms with Crippen LogP contribution in [0.1, 0.15) is 23.6 Å². The summed E-state index contributed by atoms with van der Waals surface area (Å²) >= 11 is 7.24. The summed E-state index contributed by atoms with van der Waals surface area (Å²) in [5.41, 5.74) is 6.12. The van der Waals surface area contributed by atoms with Crippen molar-refractivity contribution in [2.75, 3.05) is 5.01 Å². The number of benzene rings is 4. The molecular weight excluding hydrogens is 564 g/mol. The third kappa shape index (κ3) is 4.40. The maximum absolute atomic E-state index is 5.09.